The molecule has 2 rings (SSSR count). The molecule has 0 spiro atoms. The second kappa shape index (κ2) is 5.65. The molecule has 1 heterocycles. The number of aromatic nitrogens is 2. The van der Waals surface area contributed by atoms with Gasteiger partial charge in [-0.3, -0.25) is 4.79 Å². The van der Waals surface area contributed by atoms with Crippen molar-refractivity contribution in [2.24, 2.45) is 0 Å². The lowest BCUT2D eigenvalue weighted by Crippen LogP contribution is -2.23. The van der Waals surface area contributed by atoms with E-state index in [-0.39, 0.29) is 5.56 Å². The minimum absolute atomic E-state index is 0.0632. The van der Waals surface area contributed by atoms with Crippen LogP contribution in [0.3, 0.4) is 0 Å². The number of hydrogen-bond donors (Lipinski definition) is 2. The highest BCUT2D eigenvalue weighted by molar-refractivity contribution is 14.1. The maximum absolute atomic E-state index is 11.4. The van der Waals surface area contributed by atoms with Crippen molar-refractivity contribution in [3.05, 3.63) is 20.3 Å². The summed E-state index contributed by atoms with van der Waals surface area (Å²) in [5.41, 5.74) is -0.0632. The molecule has 1 saturated carbocycles. The molecule has 0 saturated heterocycles. The summed E-state index contributed by atoms with van der Waals surface area (Å²) in [6.45, 7) is 0. The first-order chi connectivity index (χ1) is 7.77. The van der Waals surface area contributed by atoms with E-state index in [4.69, 9.17) is 0 Å². The van der Waals surface area contributed by atoms with Gasteiger partial charge in [0.05, 0.1) is 6.33 Å². The van der Waals surface area contributed by atoms with E-state index in [1.165, 1.54) is 44.9 Å². The molecule has 1 fully saturated rings. The fraction of sp³-hybridized carbons (Fsp3) is 0.636. The van der Waals surface area contributed by atoms with Gasteiger partial charge in [0.15, 0.2) is 0 Å². The molecule has 0 unspecified atom stereocenters. The molecular formula is C11H16IN3O. The van der Waals surface area contributed by atoms with E-state index in [2.05, 4.69) is 15.3 Å². The topological polar surface area (TPSA) is 57.8 Å². The van der Waals surface area contributed by atoms with Crippen molar-refractivity contribution >= 4 is 28.4 Å². The monoisotopic (exact) mass is 333 g/mol. The van der Waals surface area contributed by atoms with E-state index in [0.717, 1.165) is 5.82 Å². The van der Waals surface area contributed by atoms with Crippen LogP contribution in [-0.4, -0.2) is 16.0 Å². The third kappa shape index (κ3) is 2.96. The molecule has 1 aromatic heterocycles. The zero-order valence-corrected chi connectivity index (χ0v) is 11.3. The summed E-state index contributed by atoms with van der Waals surface area (Å²) < 4.78 is 0.657. The van der Waals surface area contributed by atoms with E-state index in [1.54, 1.807) is 0 Å². The number of halogens is 1. The second-order valence-electron chi connectivity index (χ2n) is 4.23. The van der Waals surface area contributed by atoms with Crippen LogP contribution in [0.25, 0.3) is 0 Å². The summed E-state index contributed by atoms with van der Waals surface area (Å²) in [5.74, 6) is 0.733. The summed E-state index contributed by atoms with van der Waals surface area (Å²) in [4.78, 5) is 18.2. The highest BCUT2D eigenvalue weighted by Gasteiger charge is 2.14. The molecule has 1 aliphatic carbocycles. The maximum Gasteiger partial charge on any atom is 0.266 e. The molecule has 0 aromatic carbocycles. The van der Waals surface area contributed by atoms with Gasteiger partial charge in [-0.2, -0.15) is 0 Å². The molecule has 2 N–H and O–H groups in total. The summed E-state index contributed by atoms with van der Waals surface area (Å²) >= 11 is 2.04. The van der Waals surface area contributed by atoms with E-state index in [9.17, 15) is 4.79 Å². The van der Waals surface area contributed by atoms with Crippen molar-refractivity contribution in [2.45, 2.75) is 44.6 Å². The van der Waals surface area contributed by atoms with Crippen LogP contribution in [0.15, 0.2) is 11.1 Å². The average molecular weight is 333 g/mol. The molecular weight excluding hydrogens is 317 g/mol. The molecule has 16 heavy (non-hydrogen) atoms. The Morgan fingerprint density at radius 1 is 1.31 bits per heavy atom. The number of rotatable bonds is 2. The molecule has 88 valence electrons. The number of aromatic amines is 1. The quantitative estimate of drug-likeness (QED) is 0.646. The number of H-pyrrole nitrogens is 1. The van der Waals surface area contributed by atoms with Crippen molar-refractivity contribution in [1.29, 1.82) is 0 Å². The number of nitrogens with one attached hydrogen (secondary N) is 2. The maximum atomic E-state index is 11.4. The average Bonchev–Trinajstić information content (AvgIpc) is 2.53. The van der Waals surface area contributed by atoms with Crippen molar-refractivity contribution in [3.8, 4) is 0 Å². The van der Waals surface area contributed by atoms with Crippen LogP contribution in [0.4, 0.5) is 5.82 Å². The van der Waals surface area contributed by atoms with E-state index in [0.29, 0.717) is 9.61 Å². The smallest absolute Gasteiger partial charge is 0.266 e. The predicted octanol–water partition coefficient (Wildman–Crippen LogP) is 2.51. The van der Waals surface area contributed by atoms with Gasteiger partial charge < -0.3 is 10.3 Å². The zero-order chi connectivity index (χ0) is 11.4. The summed E-state index contributed by atoms with van der Waals surface area (Å²) in [6.07, 6.45) is 9.05. The van der Waals surface area contributed by atoms with Gasteiger partial charge in [-0.15, -0.1) is 0 Å². The van der Waals surface area contributed by atoms with Crippen LogP contribution in [0.2, 0.25) is 0 Å². The first-order valence-corrected chi connectivity index (χ1v) is 6.85. The first-order valence-electron chi connectivity index (χ1n) is 5.77. The normalized spacial score (nSPS) is 18.1. The lowest BCUT2D eigenvalue weighted by molar-refractivity contribution is 0.617. The minimum atomic E-state index is -0.0632. The standard InChI is InChI=1S/C11H16IN3O/c12-9-10(13-7-14-11(9)16)15-8-5-3-1-2-4-6-8/h7-8H,1-6H2,(H2,13,14,15,16). The molecule has 0 aliphatic heterocycles. The van der Waals surface area contributed by atoms with Crippen LogP contribution < -0.4 is 10.9 Å². The Morgan fingerprint density at radius 3 is 2.69 bits per heavy atom. The predicted molar refractivity (Wildman–Crippen MR) is 72.7 cm³/mol. The summed E-state index contributed by atoms with van der Waals surface area (Å²) in [6, 6.07) is 0.477. The van der Waals surface area contributed by atoms with Gasteiger partial charge in [0.1, 0.15) is 9.39 Å². The van der Waals surface area contributed by atoms with Crippen molar-refractivity contribution in [3.63, 3.8) is 0 Å². The molecule has 0 atom stereocenters. The van der Waals surface area contributed by atoms with Crippen LogP contribution in [0.1, 0.15) is 38.5 Å². The van der Waals surface area contributed by atoms with Gasteiger partial charge in [0.2, 0.25) is 0 Å². The SMILES string of the molecule is O=c1[nH]cnc(NC2CCCCCC2)c1I. The van der Waals surface area contributed by atoms with Crippen molar-refractivity contribution in [1.82, 2.24) is 9.97 Å². The Hall–Kier alpha value is -0.590. The minimum Gasteiger partial charge on any atom is -0.366 e. The Balaban J connectivity index is 2.07. The second-order valence-corrected chi connectivity index (χ2v) is 5.31. The lowest BCUT2D eigenvalue weighted by atomic mass is 10.1. The van der Waals surface area contributed by atoms with Crippen LogP contribution >= 0.6 is 22.6 Å². The molecule has 0 radical (unpaired) electrons. The van der Waals surface area contributed by atoms with Gasteiger partial charge in [-0.1, -0.05) is 25.7 Å². The largest absolute Gasteiger partial charge is 0.366 e. The van der Waals surface area contributed by atoms with Gasteiger partial charge in [-0.25, -0.2) is 4.98 Å². The first kappa shape index (κ1) is 11.9. The molecule has 4 nitrogen and oxygen atoms in total. The third-order valence-corrected chi connectivity index (χ3v) is 3.99. The van der Waals surface area contributed by atoms with Crippen LogP contribution in [0.5, 0.6) is 0 Å². The summed E-state index contributed by atoms with van der Waals surface area (Å²) in [5, 5.41) is 3.39. The highest BCUT2D eigenvalue weighted by atomic mass is 127. The van der Waals surface area contributed by atoms with Crippen molar-refractivity contribution in [2.75, 3.05) is 5.32 Å². The Labute approximate surface area is 108 Å². The number of nitrogens with zero attached hydrogens (tertiary/aromatic N) is 1. The molecule has 5 heteroatoms. The molecule has 0 bridgehead atoms. The van der Waals surface area contributed by atoms with Gasteiger partial charge in [0.25, 0.3) is 5.56 Å². The Morgan fingerprint density at radius 2 is 2.00 bits per heavy atom. The molecule has 1 aliphatic rings. The van der Waals surface area contributed by atoms with Gasteiger partial charge in [0, 0.05) is 6.04 Å². The zero-order valence-electron chi connectivity index (χ0n) is 9.13. The molecule has 0 amide bonds. The summed E-state index contributed by atoms with van der Waals surface area (Å²) in [7, 11) is 0. The third-order valence-electron chi connectivity index (χ3n) is 2.99. The van der Waals surface area contributed by atoms with Crippen molar-refractivity contribution < 1.29 is 0 Å². The lowest BCUT2D eigenvalue weighted by Gasteiger charge is -2.17. The number of anilines is 1. The fourth-order valence-electron chi connectivity index (χ4n) is 2.10. The van der Waals surface area contributed by atoms with E-state index in [1.807, 2.05) is 22.6 Å². The van der Waals surface area contributed by atoms with Crippen LogP contribution in [0, 0.1) is 3.57 Å². The van der Waals surface area contributed by atoms with Gasteiger partial charge in [-0.05, 0) is 35.4 Å². The van der Waals surface area contributed by atoms with Crippen LogP contribution in [-0.2, 0) is 0 Å². The van der Waals surface area contributed by atoms with E-state index < -0.39 is 0 Å². The van der Waals surface area contributed by atoms with E-state index >= 15 is 0 Å². The highest BCUT2D eigenvalue weighted by Crippen LogP contribution is 2.21. The Bertz CT molecular complexity index is 396. The fourth-order valence-corrected chi connectivity index (χ4v) is 2.55. The van der Waals surface area contributed by atoms with Gasteiger partial charge >= 0.3 is 0 Å². The Kier molecular flexibility index (Phi) is 4.20. The molecule has 1 aromatic rings. The number of hydrogen-bond acceptors (Lipinski definition) is 3.